The number of rotatable bonds is 7. The van der Waals surface area contributed by atoms with Gasteiger partial charge < -0.3 is 5.11 Å². The van der Waals surface area contributed by atoms with E-state index in [0.29, 0.717) is 6.54 Å². The Balaban J connectivity index is 3.47. The Labute approximate surface area is 87.9 Å². The molecule has 0 aliphatic carbocycles. The summed E-state index contributed by atoms with van der Waals surface area (Å²) in [7, 11) is -3.12. The van der Waals surface area contributed by atoms with Crippen molar-refractivity contribution >= 4 is 26.0 Å². The number of alkyl halides is 1. The van der Waals surface area contributed by atoms with Gasteiger partial charge >= 0.3 is 0 Å². The van der Waals surface area contributed by atoms with Crippen LogP contribution in [0.4, 0.5) is 0 Å². The first-order chi connectivity index (χ1) is 6.02. The SMILES string of the molecule is CC(CO)CCCNS(=O)(=O)CBr. The molecule has 1 unspecified atom stereocenters. The number of aliphatic hydroxyl groups is 1. The third kappa shape index (κ3) is 7.42. The maximum absolute atomic E-state index is 10.9. The van der Waals surface area contributed by atoms with E-state index in [-0.39, 0.29) is 17.2 Å². The highest BCUT2D eigenvalue weighted by Gasteiger charge is 2.06. The number of sulfonamides is 1. The molecule has 6 heteroatoms. The molecule has 4 nitrogen and oxygen atoms in total. The Bertz CT molecular complexity index is 218. The molecule has 13 heavy (non-hydrogen) atoms. The Morgan fingerprint density at radius 2 is 2.15 bits per heavy atom. The lowest BCUT2D eigenvalue weighted by Gasteiger charge is -2.07. The Morgan fingerprint density at radius 3 is 2.62 bits per heavy atom. The lowest BCUT2D eigenvalue weighted by molar-refractivity contribution is 0.228. The van der Waals surface area contributed by atoms with E-state index >= 15 is 0 Å². The number of hydrogen-bond acceptors (Lipinski definition) is 3. The van der Waals surface area contributed by atoms with Gasteiger partial charge in [0.15, 0.2) is 0 Å². The van der Waals surface area contributed by atoms with Gasteiger partial charge in [-0.25, -0.2) is 13.1 Å². The number of aliphatic hydroxyl groups excluding tert-OH is 1. The summed E-state index contributed by atoms with van der Waals surface area (Å²) >= 11 is 2.88. The molecule has 0 rings (SSSR count). The second kappa shape index (κ2) is 6.75. The molecule has 0 aliphatic heterocycles. The largest absolute Gasteiger partial charge is 0.396 e. The molecule has 0 aromatic rings. The topological polar surface area (TPSA) is 66.4 Å². The minimum atomic E-state index is -3.12. The standard InChI is InChI=1S/C7H16BrNO3S/c1-7(5-10)3-2-4-9-13(11,12)6-8/h7,9-10H,2-6H2,1H3. The van der Waals surface area contributed by atoms with Crippen LogP contribution in [0.5, 0.6) is 0 Å². The van der Waals surface area contributed by atoms with Gasteiger partial charge in [0.1, 0.15) is 4.66 Å². The van der Waals surface area contributed by atoms with Crippen molar-refractivity contribution < 1.29 is 13.5 Å². The maximum Gasteiger partial charge on any atom is 0.221 e. The lowest BCUT2D eigenvalue weighted by atomic mass is 10.1. The third-order valence-corrected chi connectivity index (χ3v) is 4.39. The van der Waals surface area contributed by atoms with E-state index < -0.39 is 10.0 Å². The van der Waals surface area contributed by atoms with Crippen molar-refractivity contribution in [1.29, 1.82) is 0 Å². The molecule has 1 atom stereocenters. The fourth-order valence-electron chi connectivity index (χ4n) is 0.808. The molecule has 80 valence electrons. The third-order valence-electron chi connectivity index (χ3n) is 1.65. The van der Waals surface area contributed by atoms with Crippen molar-refractivity contribution in [3.8, 4) is 0 Å². The van der Waals surface area contributed by atoms with Crippen LogP contribution in [-0.4, -0.2) is 31.3 Å². The summed E-state index contributed by atoms with van der Waals surface area (Å²) in [4.78, 5) is 0. The highest BCUT2D eigenvalue weighted by Crippen LogP contribution is 2.03. The fraction of sp³-hybridized carbons (Fsp3) is 1.00. The molecule has 0 aromatic carbocycles. The molecule has 0 radical (unpaired) electrons. The first-order valence-electron chi connectivity index (χ1n) is 4.16. The molecule has 0 spiro atoms. The van der Waals surface area contributed by atoms with E-state index in [4.69, 9.17) is 5.11 Å². The Hall–Kier alpha value is 0.350. The maximum atomic E-state index is 10.9. The van der Waals surface area contributed by atoms with Crippen molar-refractivity contribution in [2.45, 2.75) is 19.8 Å². The van der Waals surface area contributed by atoms with Gasteiger partial charge in [0.05, 0.1) is 0 Å². The van der Waals surface area contributed by atoms with Gasteiger partial charge in [-0.3, -0.25) is 0 Å². The van der Waals surface area contributed by atoms with Crippen LogP contribution >= 0.6 is 15.9 Å². The van der Waals surface area contributed by atoms with Crippen LogP contribution < -0.4 is 4.72 Å². The van der Waals surface area contributed by atoms with Crippen molar-refractivity contribution in [1.82, 2.24) is 4.72 Å². The zero-order chi connectivity index (χ0) is 10.3. The zero-order valence-electron chi connectivity index (χ0n) is 7.66. The molecule has 2 N–H and O–H groups in total. The molecule has 0 aliphatic rings. The van der Waals surface area contributed by atoms with Crippen LogP contribution in [0.2, 0.25) is 0 Å². The summed E-state index contributed by atoms with van der Waals surface area (Å²) in [6.07, 6.45) is 1.59. The van der Waals surface area contributed by atoms with Gasteiger partial charge in [-0.1, -0.05) is 22.9 Å². The zero-order valence-corrected chi connectivity index (χ0v) is 10.1. The second-order valence-electron chi connectivity index (χ2n) is 3.05. The number of halogens is 1. The van der Waals surface area contributed by atoms with E-state index in [1.54, 1.807) is 0 Å². The molecule has 0 saturated carbocycles. The predicted octanol–water partition coefficient (Wildman–Crippen LogP) is 0.667. The molecule has 0 aromatic heterocycles. The summed E-state index contributed by atoms with van der Waals surface area (Å²) in [6, 6.07) is 0. The van der Waals surface area contributed by atoms with Crippen LogP contribution in [0.3, 0.4) is 0 Å². The Morgan fingerprint density at radius 1 is 1.54 bits per heavy atom. The second-order valence-corrected chi connectivity index (χ2v) is 6.16. The van der Waals surface area contributed by atoms with E-state index in [9.17, 15) is 8.42 Å². The first-order valence-corrected chi connectivity index (χ1v) is 6.93. The highest BCUT2D eigenvalue weighted by molar-refractivity contribution is 9.10. The van der Waals surface area contributed by atoms with Crippen molar-refractivity contribution in [3.63, 3.8) is 0 Å². The van der Waals surface area contributed by atoms with Gasteiger partial charge in [0.2, 0.25) is 10.0 Å². The average Bonchev–Trinajstić information content (AvgIpc) is 2.12. The predicted molar refractivity (Wildman–Crippen MR) is 56.2 cm³/mol. The van der Waals surface area contributed by atoms with Crippen LogP contribution in [0.1, 0.15) is 19.8 Å². The van der Waals surface area contributed by atoms with Crippen LogP contribution in [0.25, 0.3) is 0 Å². The molecule has 0 saturated heterocycles. The monoisotopic (exact) mass is 273 g/mol. The summed E-state index contributed by atoms with van der Waals surface area (Å²) in [5, 5.41) is 8.69. The molecule has 0 fully saturated rings. The average molecular weight is 274 g/mol. The summed E-state index contributed by atoms with van der Waals surface area (Å²) in [6.45, 7) is 2.53. The van der Waals surface area contributed by atoms with Crippen molar-refractivity contribution in [3.05, 3.63) is 0 Å². The van der Waals surface area contributed by atoms with E-state index in [2.05, 4.69) is 20.7 Å². The van der Waals surface area contributed by atoms with Crippen LogP contribution in [-0.2, 0) is 10.0 Å². The van der Waals surface area contributed by atoms with Gasteiger partial charge in [-0.05, 0) is 18.8 Å². The minimum absolute atomic E-state index is 0.0600. The molecular weight excluding hydrogens is 258 g/mol. The molecular formula is C7H16BrNO3S. The van der Waals surface area contributed by atoms with Crippen LogP contribution in [0, 0.1) is 5.92 Å². The minimum Gasteiger partial charge on any atom is -0.396 e. The number of hydrogen-bond donors (Lipinski definition) is 2. The molecule has 0 heterocycles. The van der Waals surface area contributed by atoms with Crippen molar-refractivity contribution in [2.75, 3.05) is 17.8 Å². The summed E-state index contributed by atoms with van der Waals surface area (Å²) < 4.78 is 24.2. The quantitative estimate of drug-likeness (QED) is 0.529. The van der Waals surface area contributed by atoms with Crippen LogP contribution in [0.15, 0.2) is 0 Å². The van der Waals surface area contributed by atoms with Gasteiger partial charge in [-0.15, -0.1) is 0 Å². The fourth-order valence-corrected chi connectivity index (χ4v) is 1.83. The van der Waals surface area contributed by atoms with Crippen molar-refractivity contribution in [2.24, 2.45) is 5.92 Å². The molecule has 0 bridgehead atoms. The first kappa shape index (κ1) is 13.4. The van der Waals surface area contributed by atoms with Gasteiger partial charge in [-0.2, -0.15) is 0 Å². The normalized spacial score (nSPS) is 14.4. The number of nitrogens with one attached hydrogen (secondary N) is 1. The van der Waals surface area contributed by atoms with E-state index in [0.717, 1.165) is 12.8 Å². The Kier molecular flexibility index (Phi) is 6.93. The highest BCUT2D eigenvalue weighted by atomic mass is 79.9. The van der Waals surface area contributed by atoms with Gasteiger partial charge in [0.25, 0.3) is 0 Å². The summed E-state index contributed by atoms with van der Waals surface area (Å²) in [5.74, 6) is 0.244. The van der Waals surface area contributed by atoms with E-state index in [1.807, 2.05) is 6.92 Å². The lowest BCUT2D eigenvalue weighted by Crippen LogP contribution is -2.25. The van der Waals surface area contributed by atoms with E-state index in [1.165, 1.54) is 0 Å². The summed E-state index contributed by atoms with van der Waals surface area (Å²) in [5.41, 5.74) is 0. The smallest absolute Gasteiger partial charge is 0.221 e. The molecule has 0 amide bonds. The van der Waals surface area contributed by atoms with Gasteiger partial charge in [0, 0.05) is 13.2 Å².